The van der Waals surface area contributed by atoms with Crippen molar-refractivity contribution < 1.29 is 133 Å². The Morgan fingerprint density at radius 2 is 1.22 bits per heavy atom. The lowest BCUT2D eigenvalue weighted by molar-refractivity contribution is -0.401. The molecule has 4 aliphatic heterocycles. The highest BCUT2D eigenvalue weighted by Crippen LogP contribution is 2.76. The summed E-state index contributed by atoms with van der Waals surface area (Å²) in [6, 6.07) is 0. The lowest BCUT2D eigenvalue weighted by Crippen LogP contribution is -2.76. The fourth-order valence-corrected chi connectivity index (χ4v) is 17.5. The molecule has 9 aliphatic rings. The van der Waals surface area contributed by atoms with E-state index in [2.05, 4.69) is 19.9 Å². The summed E-state index contributed by atoms with van der Waals surface area (Å²) >= 11 is 0. The van der Waals surface area contributed by atoms with Gasteiger partial charge < -0.3 is 119 Å². The van der Waals surface area contributed by atoms with Crippen molar-refractivity contribution in [2.24, 2.45) is 50.2 Å². The van der Waals surface area contributed by atoms with Crippen LogP contribution in [0.2, 0.25) is 0 Å². The predicted octanol–water partition coefficient (Wildman–Crippen LogP) is -1.27. The van der Waals surface area contributed by atoms with Gasteiger partial charge in [-0.25, -0.2) is 14.4 Å². The number of rotatable bonds is 16. The quantitative estimate of drug-likeness (QED) is 0.0371. The third-order valence-electron chi connectivity index (χ3n) is 22.7. The van der Waals surface area contributed by atoms with Crippen molar-refractivity contribution >= 4 is 17.9 Å². The molecule has 27 nitrogen and oxygen atoms in total. The minimum atomic E-state index is -2.19. The maximum Gasteiger partial charge on any atom is 0.335 e. The van der Waals surface area contributed by atoms with Crippen LogP contribution in [0, 0.1) is 50.2 Å². The second kappa shape index (κ2) is 25.8. The molecule has 0 spiro atoms. The molecule has 9 rings (SSSR count). The highest BCUT2D eigenvalue weighted by atomic mass is 16.8. The van der Waals surface area contributed by atoms with E-state index in [9.17, 15) is 85.9 Å². The van der Waals surface area contributed by atoms with Gasteiger partial charge in [-0.15, -0.1) is 0 Å². The number of hydrogen-bond donors (Lipinski definition) is 14. The first-order valence-corrected chi connectivity index (χ1v) is 31.0. The van der Waals surface area contributed by atoms with Crippen LogP contribution in [0.1, 0.15) is 115 Å². The maximum absolute atomic E-state index is 13.9. The molecule has 0 aromatic heterocycles. The Morgan fingerprint density at radius 3 is 1.81 bits per heavy atom. The molecule has 8 fully saturated rings. The smallest absolute Gasteiger partial charge is 0.335 e. The zero-order chi connectivity index (χ0) is 65.7. The lowest BCUT2D eigenvalue weighted by atomic mass is 9.32. The lowest BCUT2D eigenvalue weighted by Gasteiger charge is -2.73. The Morgan fingerprint density at radius 1 is 0.640 bits per heavy atom. The molecule has 0 radical (unpaired) electrons. The summed E-state index contributed by atoms with van der Waals surface area (Å²) in [7, 11) is 0. The Hall–Kier alpha value is -3.21. The van der Waals surface area contributed by atoms with Gasteiger partial charge in [0.2, 0.25) is 0 Å². The maximum atomic E-state index is 13.9. The van der Waals surface area contributed by atoms with Crippen molar-refractivity contribution in [2.75, 3.05) is 26.4 Å². The van der Waals surface area contributed by atoms with E-state index in [0.29, 0.717) is 31.3 Å². The Labute approximate surface area is 517 Å². The number of ether oxygens (including phenoxy) is 10. The number of carboxylic acid groups (broad SMARTS) is 1. The summed E-state index contributed by atoms with van der Waals surface area (Å²) in [6.07, 6.45) is -33.5. The number of aliphatic hydroxyl groups excluding tert-OH is 13. The number of carbonyl (C=O) groups excluding carboxylic acids is 2. The summed E-state index contributed by atoms with van der Waals surface area (Å²) in [6.45, 7) is 17.6. The third-order valence-corrected chi connectivity index (χ3v) is 22.7. The molecule has 14 N–H and O–H groups in total. The molecule has 0 bridgehead atoms. The number of aliphatic carboxylic acids is 1. The molecular weight excluding hydrogens is 1180 g/mol. The number of esters is 2. The molecule has 4 saturated heterocycles. The van der Waals surface area contributed by atoms with Crippen LogP contribution in [0.5, 0.6) is 0 Å². The van der Waals surface area contributed by atoms with Crippen LogP contribution in [0.25, 0.3) is 0 Å². The molecule has 4 heterocycles. The second-order valence-electron chi connectivity index (χ2n) is 28.7. The summed E-state index contributed by atoms with van der Waals surface area (Å²) in [5, 5.41) is 157. The predicted molar refractivity (Wildman–Crippen MR) is 303 cm³/mol. The summed E-state index contributed by atoms with van der Waals surface area (Å²) < 4.78 is 61.8. The summed E-state index contributed by atoms with van der Waals surface area (Å²) in [5.41, 5.74) is -4.43. The second-order valence-corrected chi connectivity index (χ2v) is 28.7. The van der Waals surface area contributed by atoms with Gasteiger partial charge in [0.1, 0.15) is 85.5 Å². The third kappa shape index (κ3) is 11.6. The van der Waals surface area contributed by atoms with Crippen LogP contribution in [0.4, 0.5) is 0 Å². The van der Waals surface area contributed by atoms with Gasteiger partial charge in [-0.2, -0.15) is 0 Å². The van der Waals surface area contributed by atoms with Gasteiger partial charge in [0.25, 0.3) is 0 Å². The van der Waals surface area contributed by atoms with Crippen LogP contribution in [-0.4, -0.2) is 257 Å². The Bertz CT molecular complexity index is 2660. The van der Waals surface area contributed by atoms with Crippen molar-refractivity contribution in [1.82, 2.24) is 0 Å². The van der Waals surface area contributed by atoms with Gasteiger partial charge in [0.15, 0.2) is 37.4 Å². The average molecular weight is 1270 g/mol. The zero-order valence-corrected chi connectivity index (χ0v) is 52.4. The number of carbonyl (C=O) groups is 3. The molecule has 4 unspecified atom stereocenters. The van der Waals surface area contributed by atoms with Crippen molar-refractivity contribution in [3.8, 4) is 0 Å². The fraction of sp³-hybridized carbons (Fsp3) is 0.855. The van der Waals surface area contributed by atoms with E-state index in [4.69, 9.17) is 47.4 Å². The van der Waals surface area contributed by atoms with E-state index < -0.39 is 224 Å². The first-order chi connectivity index (χ1) is 41.6. The number of hydrogen-bond acceptors (Lipinski definition) is 26. The number of allylic oxidation sites excluding steroid dienone is 3. The first kappa shape index (κ1) is 70.1. The van der Waals surface area contributed by atoms with Crippen molar-refractivity contribution in [2.45, 2.75) is 256 Å². The molecule has 0 aromatic rings. The molecule has 30 atom stereocenters. The van der Waals surface area contributed by atoms with E-state index in [1.807, 2.05) is 34.6 Å². The highest BCUT2D eigenvalue weighted by molar-refractivity contribution is 5.88. The molecule has 89 heavy (non-hydrogen) atoms. The van der Waals surface area contributed by atoms with Crippen molar-refractivity contribution in [3.05, 3.63) is 34.9 Å². The van der Waals surface area contributed by atoms with Gasteiger partial charge in [0.05, 0.1) is 50.2 Å². The molecule has 0 aromatic carbocycles. The minimum absolute atomic E-state index is 0.209. The van der Waals surface area contributed by atoms with Crippen LogP contribution in [0.15, 0.2) is 34.9 Å². The average Bonchev–Trinajstić information content (AvgIpc) is 0.835. The summed E-state index contributed by atoms with van der Waals surface area (Å²) in [4.78, 5) is 41.1. The van der Waals surface area contributed by atoms with E-state index in [1.165, 1.54) is 6.08 Å². The van der Waals surface area contributed by atoms with Crippen LogP contribution in [0.3, 0.4) is 0 Å². The first-order valence-electron chi connectivity index (χ1n) is 31.0. The molecule has 27 heteroatoms. The van der Waals surface area contributed by atoms with E-state index in [0.717, 1.165) is 5.57 Å². The Balaban J connectivity index is 1.08. The van der Waals surface area contributed by atoms with Gasteiger partial charge in [-0.3, -0.25) is 0 Å². The van der Waals surface area contributed by atoms with Crippen LogP contribution in [-0.2, 0) is 61.8 Å². The fourth-order valence-electron chi connectivity index (χ4n) is 17.5. The van der Waals surface area contributed by atoms with Gasteiger partial charge >= 0.3 is 17.9 Å². The topological polar surface area (TPSA) is 427 Å². The van der Waals surface area contributed by atoms with Gasteiger partial charge in [-0.05, 0) is 100 Å². The molecular formula is C62H96O27. The largest absolute Gasteiger partial charge is 0.479 e. The number of carboxylic acids is 1. The van der Waals surface area contributed by atoms with Gasteiger partial charge in [0, 0.05) is 22.5 Å². The SMILES string of the molecule is C/C=C(/C)C(=O)O[C@H]1[C@H](OC(=O)C=C(C)C)C(C)(C)CC2C3=CCC4[C@@]5(C)CC[C@H](O[C@@H]6O[C@H](C(=O)O)[C@@H](OC7O[C@@H](CO)[C@H](O)[C@H]7O)[C@H](O[C@H]7OC[C@@H](O)[C@@H](O)[C@@H]7O)[C@H]6O[C@H]6O[C@@H](CO)[C@H](O)[C@@H](O)[C@@H]6O)C(C)(C)C5CC[C@@]4(C)[C@]3(C)[C@@H](O)[C@@H](O)[C@]21CO. The standard InChI is InChI=1S/C62H96O27/c1-12-26(4)52(79)89-50-49(84-35(67)19-25(2)3)57(5,6)20-28-27-13-14-33-59(9)17-16-34(58(7,8)32(59)15-18-60(33,10)61(27,11)47(75)48(76)62(28,50)24-65)83-56-46(88-55-42(74)39(71)37(69)30(21-63)81-55)44(85-53-40(72)36(68)29(66)23-80-53)43(45(87-56)51(77)78)86-54-41(73)38(70)31(22-64)82-54/h12-13,19,28-34,36-50,53-56,63-66,68-76H,14-18,20-24H2,1-11H3,(H,77,78)/b26-12-/t28?,29-,30+,31+,32?,33?,34+,36-,37+,38+,39-,40+,41-,42+,43+,44+,45+,46-,47+,48-,49+,50+,53-,54?,55-,56-,59+,60-,61+,62+/m1/s1. The normalized spacial score (nSPS) is 49.4. The Kier molecular flexibility index (Phi) is 20.4. The number of fused-ring (bicyclic) bond motifs is 7. The summed E-state index contributed by atoms with van der Waals surface area (Å²) in [5.74, 6) is -4.31. The number of aliphatic hydroxyl groups is 13. The zero-order valence-electron chi connectivity index (χ0n) is 52.4. The van der Waals surface area contributed by atoms with E-state index in [1.54, 1.807) is 33.8 Å². The minimum Gasteiger partial charge on any atom is -0.479 e. The van der Waals surface area contributed by atoms with Crippen molar-refractivity contribution in [3.63, 3.8) is 0 Å². The van der Waals surface area contributed by atoms with Gasteiger partial charge in [-0.1, -0.05) is 71.8 Å². The van der Waals surface area contributed by atoms with Crippen molar-refractivity contribution in [1.29, 1.82) is 0 Å². The molecule has 0 amide bonds. The van der Waals surface area contributed by atoms with Crippen LogP contribution >= 0.6 is 0 Å². The highest BCUT2D eigenvalue weighted by Gasteiger charge is 2.76. The van der Waals surface area contributed by atoms with E-state index >= 15 is 0 Å². The van der Waals surface area contributed by atoms with Crippen LogP contribution < -0.4 is 0 Å². The molecule has 4 saturated carbocycles. The molecule has 506 valence electrons. The molecule has 5 aliphatic carbocycles. The monoisotopic (exact) mass is 1270 g/mol. The van der Waals surface area contributed by atoms with E-state index in [-0.39, 0.29) is 30.3 Å².